The molecule has 0 radical (unpaired) electrons. The summed E-state index contributed by atoms with van der Waals surface area (Å²) < 4.78 is 6.08. The average molecular weight is 495 g/mol. The van der Waals surface area contributed by atoms with Crippen molar-refractivity contribution in [2.45, 2.75) is 13.3 Å². The third kappa shape index (κ3) is 6.22. The van der Waals surface area contributed by atoms with Gasteiger partial charge in [0, 0.05) is 57.5 Å². The van der Waals surface area contributed by atoms with Crippen molar-refractivity contribution in [3.8, 4) is 22.8 Å². The molecule has 2 aromatic heterocycles. The minimum Gasteiger partial charge on any atom is -0.457 e. The Balaban J connectivity index is 1.18. The Kier molecular flexibility index (Phi) is 7.55. The first-order valence-corrected chi connectivity index (χ1v) is 12.5. The molecule has 2 aromatic carbocycles. The maximum absolute atomic E-state index is 11.6. The predicted octanol–water partition coefficient (Wildman–Crippen LogP) is 4.65. The molecule has 188 valence electrons. The summed E-state index contributed by atoms with van der Waals surface area (Å²) >= 11 is 0. The van der Waals surface area contributed by atoms with E-state index in [1.54, 1.807) is 13.3 Å². The highest BCUT2D eigenvalue weighted by molar-refractivity contribution is 5.73. The highest BCUT2D eigenvalue weighted by Gasteiger charge is 2.19. The lowest BCUT2D eigenvalue weighted by atomic mass is 10.1. The van der Waals surface area contributed by atoms with E-state index in [4.69, 9.17) is 4.74 Å². The Bertz CT molecular complexity index is 1320. The quantitative estimate of drug-likeness (QED) is 0.382. The van der Waals surface area contributed by atoms with Crippen molar-refractivity contribution in [3.63, 3.8) is 0 Å². The number of hydrogen-bond acceptors (Lipinski definition) is 7. The van der Waals surface area contributed by atoms with E-state index >= 15 is 0 Å². The number of aromatic nitrogens is 3. The van der Waals surface area contributed by atoms with Crippen molar-refractivity contribution in [2.75, 3.05) is 42.9 Å². The van der Waals surface area contributed by atoms with E-state index in [1.165, 1.54) is 0 Å². The zero-order chi connectivity index (χ0) is 25.5. The van der Waals surface area contributed by atoms with Crippen molar-refractivity contribution in [1.82, 2.24) is 19.9 Å². The van der Waals surface area contributed by atoms with Crippen LogP contribution in [0.25, 0.3) is 11.3 Å². The number of carbonyl (C=O) groups excluding carboxylic acids is 1. The molecule has 5 rings (SSSR count). The number of piperazine rings is 1. The van der Waals surface area contributed by atoms with Gasteiger partial charge in [-0.2, -0.15) is 0 Å². The molecule has 0 atom stereocenters. The molecule has 4 aromatic rings. The number of benzene rings is 2. The Labute approximate surface area is 217 Å². The van der Waals surface area contributed by atoms with E-state index in [9.17, 15) is 4.79 Å². The van der Waals surface area contributed by atoms with Crippen LogP contribution in [0, 0.1) is 0 Å². The van der Waals surface area contributed by atoms with Crippen LogP contribution in [0.5, 0.6) is 11.5 Å². The normalized spacial score (nSPS) is 13.3. The zero-order valence-electron chi connectivity index (χ0n) is 20.9. The number of hydrogen-bond donors (Lipinski definition) is 1. The van der Waals surface area contributed by atoms with Crippen molar-refractivity contribution < 1.29 is 9.53 Å². The smallest absolute Gasteiger partial charge is 0.219 e. The molecule has 37 heavy (non-hydrogen) atoms. The summed E-state index contributed by atoms with van der Waals surface area (Å²) in [6.45, 7) is 5.34. The molecule has 8 nitrogen and oxygen atoms in total. The average Bonchev–Trinajstić information content (AvgIpc) is 2.95. The fourth-order valence-electron chi connectivity index (χ4n) is 4.34. The highest BCUT2D eigenvalue weighted by Crippen LogP contribution is 2.26. The maximum Gasteiger partial charge on any atom is 0.219 e. The van der Waals surface area contributed by atoms with Gasteiger partial charge in [0.25, 0.3) is 0 Å². The van der Waals surface area contributed by atoms with Gasteiger partial charge in [-0.1, -0.05) is 36.4 Å². The Morgan fingerprint density at radius 2 is 1.70 bits per heavy atom. The number of anilines is 2. The number of pyridine rings is 1. The van der Waals surface area contributed by atoms with Gasteiger partial charge >= 0.3 is 0 Å². The standard InChI is InChI=1S/C29H30N6O2/c1-22(36)34-15-17-35(18-16-34)29-12-11-24(20-31-29)26-19-28(33-21-32-26)30-14-13-23-7-5-6-10-27(23)37-25-8-3-2-4-9-25/h2-12,19-21H,13-18H2,1H3,(H,30,32,33). The van der Waals surface area contributed by atoms with Gasteiger partial charge in [0.1, 0.15) is 29.5 Å². The van der Waals surface area contributed by atoms with Crippen LogP contribution in [0.15, 0.2) is 85.3 Å². The van der Waals surface area contributed by atoms with E-state index in [-0.39, 0.29) is 5.91 Å². The predicted molar refractivity (Wildman–Crippen MR) is 145 cm³/mol. The molecular weight excluding hydrogens is 464 g/mol. The zero-order valence-corrected chi connectivity index (χ0v) is 20.9. The SMILES string of the molecule is CC(=O)N1CCN(c2ccc(-c3cc(NCCc4ccccc4Oc4ccccc4)ncn3)cn2)CC1. The van der Waals surface area contributed by atoms with E-state index in [1.807, 2.05) is 77.8 Å². The first-order chi connectivity index (χ1) is 18.2. The van der Waals surface area contributed by atoms with Crippen molar-refractivity contribution >= 4 is 17.5 Å². The summed E-state index contributed by atoms with van der Waals surface area (Å²) in [6, 6.07) is 23.9. The summed E-state index contributed by atoms with van der Waals surface area (Å²) in [4.78, 5) is 29.1. The minimum absolute atomic E-state index is 0.126. The van der Waals surface area contributed by atoms with Crippen molar-refractivity contribution in [1.29, 1.82) is 0 Å². The van der Waals surface area contributed by atoms with Gasteiger partial charge in [-0.25, -0.2) is 15.0 Å². The van der Waals surface area contributed by atoms with Gasteiger partial charge in [-0.3, -0.25) is 4.79 Å². The third-order valence-electron chi connectivity index (χ3n) is 6.40. The van der Waals surface area contributed by atoms with Gasteiger partial charge in [0.2, 0.25) is 5.91 Å². The molecule has 0 aliphatic carbocycles. The van der Waals surface area contributed by atoms with E-state index in [2.05, 4.69) is 31.2 Å². The lowest BCUT2D eigenvalue weighted by Gasteiger charge is -2.34. The van der Waals surface area contributed by atoms with Crippen molar-refractivity contribution in [3.05, 3.63) is 90.9 Å². The fraction of sp³-hybridized carbons (Fsp3) is 0.241. The largest absolute Gasteiger partial charge is 0.457 e. The number of rotatable bonds is 8. The van der Waals surface area contributed by atoms with Crippen LogP contribution in [0.2, 0.25) is 0 Å². The molecule has 0 bridgehead atoms. The van der Waals surface area contributed by atoms with Gasteiger partial charge in [0.15, 0.2) is 0 Å². The van der Waals surface area contributed by atoms with Crippen LogP contribution in [-0.2, 0) is 11.2 Å². The van der Waals surface area contributed by atoms with Gasteiger partial charge in [-0.15, -0.1) is 0 Å². The van der Waals surface area contributed by atoms with E-state index < -0.39 is 0 Å². The maximum atomic E-state index is 11.6. The molecule has 1 aliphatic heterocycles. The molecular formula is C29H30N6O2. The third-order valence-corrected chi connectivity index (χ3v) is 6.40. The Morgan fingerprint density at radius 1 is 0.919 bits per heavy atom. The lowest BCUT2D eigenvalue weighted by molar-refractivity contribution is -0.129. The fourth-order valence-corrected chi connectivity index (χ4v) is 4.34. The van der Waals surface area contributed by atoms with E-state index in [0.29, 0.717) is 6.54 Å². The van der Waals surface area contributed by atoms with Crippen LogP contribution in [0.3, 0.4) is 0 Å². The first kappa shape index (κ1) is 24.2. The molecule has 1 amide bonds. The molecule has 0 spiro atoms. The van der Waals surface area contributed by atoms with Crippen LogP contribution in [0.1, 0.15) is 12.5 Å². The van der Waals surface area contributed by atoms with Crippen LogP contribution < -0.4 is 15.0 Å². The molecule has 3 heterocycles. The van der Waals surface area contributed by atoms with Crippen molar-refractivity contribution in [2.24, 2.45) is 0 Å². The summed E-state index contributed by atoms with van der Waals surface area (Å²) in [5.41, 5.74) is 2.86. The number of amides is 1. The van der Waals surface area contributed by atoms with Crippen LogP contribution in [-0.4, -0.2) is 58.5 Å². The number of nitrogens with zero attached hydrogens (tertiary/aromatic N) is 5. The molecule has 1 saturated heterocycles. The first-order valence-electron chi connectivity index (χ1n) is 12.5. The lowest BCUT2D eigenvalue weighted by Crippen LogP contribution is -2.48. The molecule has 1 N–H and O–H groups in total. The second-order valence-electron chi connectivity index (χ2n) is 8.89. The minimum atomic E-state index is 0.126. The molecule has 1 aliphatic rings. The van der Waals surface area contributed by atoms with Gasteiger partial charge < -0.3 is 19.9 Å². The highest BCUT2D eigenvalue weighted by atomic mass is 16.5. The van der Waals surface area contributed by atoms with Gasteiger partial charge in [-0.05, 0) is 42.3 Å². The van der Waals surface area contributed by atoms with Crippen LogP contribution >= 0.6 is 0 Å². The topological polar surface area (TPSA) is 83.5 Å². The summed E-state index contributed by atoms with van der Waals surface area (Å²) in [5, 5.41) is 3.40. The molecule has 8 heteroatoms. The summed E-state index contributed by atoms with van der Waals surface area (Å²) in [7, 11) is 0. The molecule has 0 unspecified atom stereocenters. The number of nitrogens with one attached hydrogen (secondary N) is 1. The second-order valence-corrected chi connectivity index (χ2v) is 8.89. The van der Waals surface area contributed by atoms with E-state index in [0.717, 1.165) is 72.6 Å². The Hall–Kier alpha value is -4.46. The number of para-hydroxylation sites is 2. The number of carbonyl (C=O) groups is 1. The summed E-state index contributed by atoms with van der Waals surface area (Å²) in [5.74, 6) is 3.47. The number of ether oxygens (including phenoxy) is 1. The van der Waals surface area contributed by atoms with Gasteiger partial charge in [0.05, 0.1) is 5.69 Å². The van der Waals surface area contributed by atoms with Crippen LogP contribution in [0.4, 0.5) is 11.6 Å². The monoisotopic (exact) mass is 494 g/mol. The molecule has 1 fully saturated rings. The second kappa shape index (κ2) is 11.5. The molecule has 0 saturated carbocycles. The Morgan fingerprint density at radius 3 is 2.46 bits per heavy atom. The summed E-state index contributed by atoms with van der Waals surface area (Å²) in [6.07, 6.45) is 4.20.